The molecule has 2 amide bonds. The van der Waals surface area contributed by atoms with E-state index < -0.39 is 5.91 Å². The van der Waals surface area contributed by atoms with Crippen LogP contribution in [0.1, 0.15) is 32.2 Å². The quantitative estimate of drug-likeness (QED) is 0.672. The first kappa shape index (κ1) is 18.3. The van der Waals surface area contributed by atoms with Crippen molar-refractivity contribution in [3.63, 3.8) is 0 Å². The predicted octanol–water partition coefficient (Wildman–Crippen LogP) is 2.72. The molecule has 7 heteroatoms. The van der Waals surface area contributed by atoms with Crippen LogP contribution in [0, 0.1) is 5.82 Å². The molecule has 0 bridgehead atoms. The molecule has 138 valence electrons. The number of furan rings is 1. The number of nitrogens with one attached hydrogen (secondary N) is 2. The molecule has 2 N–H and O–H groups in total. The summed E-state index contributed by atoms with van der Waals surface area (Å²) in [6.45, 7) is 0.509. The van der Waals surface area contributed by atoms with Crippen LogP contribution >= 0.6 is 0 Å². The molecule has 3 rings (SSSR count). The van der Waals surface area contributed by atoms with Crippen molar-refractivity contribution >= 4 is 11.8 Å². The molecule has 0 fully saturated rings. The molecule has 0 aliphatic carbocycles. The molecule has 0 saturated heterocycles. The molecule has 0 radical (unpaired) electrons. The summed E-state index contributed by atoms with van der Waals surface area (Å²) >= 11 is 0. The van der Waals surface area contributed by atoms with Gasteiger partial charge in [-0.15, -0.1) is 0 Å². The third-order valence-corrected chi connectivity index (χ3v) is 3.90. The number of hydrogen-bond acceptors (Lipinski definition) is 4. The highest BCUT2D eigenvalue weighted by atomic mass is 19.1. The summed E-state index contributed by atoms with van der Waals surface area (Å²) < 4.78 is 18.7. The molecule has 0 saturated carbocycles. The first-order valence-electron chi connectivity index (χ1n) is 8.42. The van der Waals surface area contributed by atoms with Gasteiger partial charge in [-0.05, 0) is 42.3 Å². The molecule has 0 aliphatic rings. The minimum atomic E-state index is -0.410. The normalized spacial score (nSPS) is 10.4. The molecule has 1 aromatic carbocycles. The Morgan fingerprint density at radius 1 is 1.04 bits per heavy atom. The number of amides is 2. The average molecular weight is 367 g/mol. The van der Waals surface area contributed by atoms with E-state index in [-0.39, 0.29) is 30.5 Å². The van der Waals surface area contributed by atoms with Gasteiger partial charge in [-0.1, -0.05) is 18.2 Å². The maximum Gasteiger partial charge on any atom is 0.270 e. The fourth-order valence-electron chi connectivity index (χ4n) is 2.48. The van der Waals surface area contributed by atoms with Crippen molar-refractivity contribution in [3.05, 3.63) is 89.4 Å². The number of nitrogens with zero attached hydrogens (tertiary/aromatic N) is 1. The third kappa shape index (κ3) is 5.01. The zero-order valence-corrected chi connectivity index (χ0v) is 14.4. The largest absolute Gasteiger partial charge is 0.467 e. The molecule has 27 heavy (non-hydrogen) atoms. The summed E-state index contributed by atoms with van der Waals surface area (Å²) in [5.41, 5.74) is 0.968. The number of carbonyl (C=O) groups excluding carboxylic acids is 2. The highest BCUT2D eigenvalue weighted by Gasteiger charge is 2.12. The Morgan fingerprint density at radius 2 is 1.89 bits per heavy atom. The SMILES string of the molecule is O=C(NCCc1ccccc1F)c1ccnc(C(=O)NCc2ccco2)c1. The molecule has 6 nitrogen and oxygen atoms in total. The molecule has 2 aromatic heterocycles. The van der Waals surface area contributed by atoms with Gasteiger partial charge in [0.15, 0.2) is 0 Å². The number of pyridine rings is 1. The van der Waals surface area contributed by atoms with Gasteiger partial charge in [-0.2, -0.15) is 0 Å². The summed E-state index contributed by atoms with van der Waals surface area (Å²) in [5, 5.41) is 5.38. The topological polar surface area (TPSA) is 84.2 Å². The van der Waals surface area contributed by atoms with Gasteiger partial charge < -0.3 is 15.1 Å². The van der Waals surface area contributed by atoms with E-state index in [9.17, 15) is 14.0 Å². The van der Waals surface area contributed by atoms with Crippen LogP contribution in [0.5, 0.6) is 0 Å². The van der Waals surface area contributed by atoms with Gasteiger partial charge in [0.05, 0.1) is 12.8 Å². The second kappa shape index (κ2) is 8.75. The molecule has 2 heterocycles. The number of benzene rings is 1. The van der Waals surface area contributed by atoms with Gasteiger partial charge >= 0.3 is 0 Å². The zero-order chi connectivity index (χ0) is 19.1. The lowest BCUT2D eigenvalue weighted by Gasteiger charge is -2.07. The number of halogens is 1. The van der Waals surface area contributed by atoms with Gasteiger partial charge in [0.25, 0.3) is 11.8 Å². The summed E-state index contributed by atoms with van der Waals surface area (Å²) in [6, 6.07) is 12.8. The van der Waals surface area contributed by atoms with Crippen LogP contribution in [0.4, 0.5) is 4.39 Å². The second-order valence-corrected chi connectivity index (χ2v) is 5.79. The van der Waals surface area contributed by atoms with Crippen LogP contribution < -0.4 is 10.6 Å². The zero-order valence-electron chi connectivity index (χ0n) is 14.4. The highest BCUT2D eigenvalue weighted by Crippen LogP contribution is 2.07. The lowest BCUT2D eigenvalue weighted by Crippen LogP contribution is -2.27. The third-order valence-electron chi connectivity index (χ3n) is 3.90. The Labute approximate surface area is 155 Å². The first-order valence-corrected chi connectivity index (χ1v) is 8.42. The van der Waals surface area contributed by atoms with E-state index in [0.717, 1.165) is 0 Å². The molecule has 0 aliphatic heterocycles. The van der Waals surface area contributed by atoms with Crippen molar-refractivity contribution in [1.82, 2.24) is 15.6 Å². The maximum absolute atomic E-state index is 13.6. The summed E-state index contributed by atoms with van der Waals surface area (Å²) in [6.07, 6.45) is 3.29. The van der Waals surface area contributed by atoms with Gasteiger partial charge in [0.2, 0.25) is 0 Å². The van der Waals surface area contributed by atoms with Crippen molar-refractivity contribution in [1.29, 1.82) is 0 Å². The minimum absolute atomic E-state index is 0.128. The van der Waals surface area contributed by atoms with Crippen LogP contribution in [-0.2, 0) is 13.0 Å². The summed E-state index contributed by atoms with van der Waals surface area (Å²) in [7, 11) is 0. The fourth-order valence-corrected chi connectivity index (χ4v) is 2.48. The van der Waals surface area contributed by atoms with Gasteiger partial charge in [0.1, 0.15) is 17.3 Å². The summed E-state index contributed by atoms with van der Waals surface area (Å²) in [4.78, 5) is 28.4. The fraction of sp³-hybridized carbons (Fsp3) is 0.150. The van der Waals surface area contributed by atoms with Crippen LogP contribution in [0.25, 0.3) is 0 Å². The number of aromatic nitrogens is 1. The minimum Gasteiger partial charge on any atom is -0.467 e. The molecule has 0 spiro atoms. The number of hydrogen-bond donors (Lipinski definition) is 2. The Kier molecular flexibility index (Phi) is 5.94. The van der Waals surface area contributed by atoms with Crippen molar-refractivity contribution in [2.24, 2.45) is 0 Å². The Hall–Kier alpha value is -3.48. The van der Waals surface area contributed by atoms with Gasteiger partial charge in [-0.3, -0.25) is 14.6 Å². The van der Waals surface area contributed by atoms with Gasteiger partial charge in [0, 0.05) is 18.3 Å². The van der Waals surface area contributed by atoms with E-state index in [4.69, 9.17) is 4.42 Å². The smallest absolute Gasteiger partial charge is 0.270 e. The van der Waals surface area contributed by atoms with Crippen molar-refractivity contribution in [3.8, 4) is 0 Å². The first-order chi connectivity index (χ1) is 13.1. The Bertz CT molecular complexity index is 926. The van der Waals surface area contributed by atoms with Crippen molar-refractivity contribution in [2.45, 2.75) is 13.0 Å². The maximum atomic E-state index is 13.6. The molecule has 0 atom stereocenters. The lowest BCUT2D eigenvalue weighted by atomic mass is 10.1. The average Bonchev–Trinajstić information content (AvgIpc) is 3.21. The second-order valence-electron chi connectivity index (χ2n) is 5.79. The van der Waals surface area contributed by atoms with Crippen molar-refractivity contribution in [2.75, 3.05) is 6.54 Å². The van der Waals surface area contributed by atoms with Crippen LogP contribution in [0.2, 0.25) is 0 Å². The molecular weight excluding hydrogens is 349 g/mol. The number of carbonyl (C=O) groups is 2. The van der Waals surface area contributed by atoms with Crippen LogP contribution in [0.3, 0.4) is 0 Å². The monoisotopic (exact) mass is 367 g/mol. The number of rotatable bonds is 7. The molecular formula is C20H18FN3O3. The molecule has 0 unspecified atom stereocenters. The van der Waals surface area contributed by atoms with Crippen LogP contribution in [-0.4, -0.2) is 23.3 Å². The van der Waals surface area contributed by atoms with Gasteiger partial charge in [-0.25, -0.2) is 4.39 Å². The van der Waals surface area contributed by atoms with Crippen LogP contribution in [0.15, 0.2) is 65.4 Å². The van der Waals surface area contributed by atoms with E-state index in [1.807, 2.05) is 0 Å². The lowest BCUT2D eigenvalue weighted by molar-refractivity contribution is 0.0943. The highest BCUT2D eigenvalue weighted by molar-refractivity contribution is 5.98. The van der Waals surface area contributed by atoms with E-state index >= 15 is 0 Å². The van der Waals surface area contributed by atoms with E-state index in [2.05, 4.69) is 15.6 Å². The van der Waals surface area contributed by atoms with E-state index in [0.29, 0.717) is 23.3 Å². The van der Waals surface area contributed by atoms with E-state index in [1.54, 1.807) is 30.3 Å². The Morgan fingerprint density at radius 3 is 2.67 bits per heavy atom. The molecule has 3 aromatic rings. The standard InChI is InChI=1S/C20H18FN3O3/c21-17-6-2-1-4-14(17)7-10-23-19(25)15-8-9-22-18(12-15)20(26)24-13-16-5-3-11-27-16/h1-6,8-9,11-12H,7,10,13H2,(H,23,25)(H,24,26). The Balaban J connectivity index is 1.55. The predicted molar refractivity (Wildman–Crippen MR) is 96.6 cm³/mol. The van der Waals surface area contributed by atoms with Crippen molar-refractivity contribution < 1.29 is 18.4 Å². The summed E-state index contributed by atoms with van der Waals surface area (Å²) in [5.74, 6) is -0.446. The van der Waals surface area contributed by atoms with E-state index in [1.165, 1.54) is 30.7 Å².